The zero-order valence-electron chi connectivity index (χ0n) is 11.9. The van der Waals surface area contributed by atoms with Gasteiger partial charge in [0.2, 0.25) is 5.91 Å². The molecule has 0 aromatic heterocycles. The fraction of sp³-hybridized carbons (Fsp3) is 0.857. The van der Waals surface area contributed by atoms with E-state index >= 15 is 0 Å². The van der Waals surface area contributed by atoms with Crippen molar-refractivity contribution >= 4 is 11.9 Å². The Hall–Kier alpha value is -1.10. The number of hydrogen-bond acceptors (Lipinski definition) is 3. The highest BCUT2D eigenvalue weighted by Crippen LogP contribution is 2.42. The van der Waals surface area contributed by atoms with Crippen LogP contribution in [-0.4, -0.2) is 40.5 Å². The van der Waals surface area contributed by atoms with E-state index in [1.807, 2.05) is 20.8 Å². The predicted octanol–water partition coefficient (Wildman–Crippen LogP) is 1.07. The third kappa shape index (κ3) is 2.48. The highest BCUT2D eigenvalue weighted by molar-refractivity contribution is 5.88. The Bertz CT molecular complexity index is 389. The number of aliphatic carboxylic acids is 1. The van der Waals surface area contributed by atoms with Crippen molar-refractivity contribution in [2.24, 2.45) is 23.0 Å². The van der Waals surface area contributed by atoms with Crippen LogP contribution in [0.5, 0.6) is 0 Å². The molecular formula is C14H24N2O3. The van der Waals surface area contributed by atoms with E-state index in [-0.39, 0.29) is 17.2 Å². The Morgan fingerprint density at radius 3 is 2.47 bits per heavy atom. The Labute approximate surface area is 114 Å². The molecule has 5 heteroatoms. The molecule has 0 aromatic rings. The highest BCUT2D eigenvalue weighted by atomic mass is 16.4. The van der Waals surface area contributed by atoms with Gasteiger partial charge in [0.1, 0.15) is 6.04 Å². The van der Waals surface area contributed by atoms with E-state index in [4.69, 9.17) is 5.73 Å². The summed E-state index contributed by atoms with van der Waals surface area (Å²) in [5.41, 5.74) is 5.65. The lowest BCUT2D eigenvalue weighted by Crippen LogP contribution is -2.54. The molecule has 0 bridgehead atoms. The Balaban J connectivity index is 2.19. The normalized spacial score (nSPS) is 32.2. The Morgan fingerprint density at radius 1 is 1.32 bits per heavy atom. The SMILES string of the molecule is CC(C)(C)[C@H](N)C(=O)N1C[C@@H]2CCC[C@@H]2[C@H]1C(=O)O. The second-order valence-electron chi connectivity index (χ2n) is 6.97. The van der Waals surface area contributed by atoms with Gasteiger partial charge in [0.25, 0.3) is 0 Å². The summed E-state index contributed by atoms with van der Waals surface area (Å²) >= 11 is 0. The van der Waals surface area contributed by atoms with Crippen LogP contribution < -0.4 is 5.73 Å². The molecule has 2 rings (SSSR count). The van der Waals surface area contributed by atoms with E-state index < -0.39 is 18.1 Å². The maximum Gasteiger partial charge on any atom is 0.326 e. The molecular weight excluding hydrogens is 244 g/mol. The number of carboxylic acid groups (broad SMARTS) is 1. The van der Waals surface area contributed by atoms with E-state index in [2.05, 4.69) is 0 Å². The average Bonchev–Trinajstić information content (AvgIpc) is 2.83. The van der Waals surface area contributed by atoms with Gasteiger partial charge in [-0.15, -0.1) is 0 Å². The van der Waals surface area contributed by atoms with E-state index in [1.165, 1.54) is 4.90 Å². The number of amides is 1. The molecule has 1 saturated heterocycles. The first-order valence-corrected chi connectivity index (χ1v) is 7.02. The molecule has 1 amide bonds. The zero-order chi connectivity index (χ0) is 14.4. The molecule has 4 atom stereocenters. The molecule has 2 aliphatic rings. The van der Waals surface area contributed by atoms with Crippen molar-refractivity contribution in [3.05, 3.63) is 0 Å². The summed E-state index contributed by atoms with van der Waals surface area (Å²) in [4.78, 5) is 25.5. The topological polar surface area (TPSA) is 83.6 Å². The van der Waals surface area contributed by atoms with E-state index in [1.54, 1.807) is 0 Å². The first-order valence-electron chi connectivity index (χ1n) is 7.02. The minimum atomic E-state index is -0.885. The second-order valence-corrected chi connectivity index (χ2v) is 6.97. The van der Waals surface area contributed by atoms with Crippen molar-refractivity contribution in [2.75, 3.05) is 6.54 Å². The molecule has 1 heterocycles. The summed E-state index contributed by atoms with van der Waals surface area (Å²) in [5.74, 6) is -0.635. The zero-order valence-corrected chi connectivity index (χ0v) is 11.9. The lowest BCUT2D eigenvalue weighted by molar-refractivity contribution is -0.151. The molecule has 0 radical (unpaired) electrons. The molecule has 0 unspecified atom stereocenters. The maximum atomic E-state index is 12.5. The van der Waals surface area contributed by atoms with Gasteiger partial charge in [0, 0.05) is 6.54 Å². The number of carboxylic acids is 1. The van der Waals surface area contributed by atoms with Gasteiger partial charge in [0.15, 0.2) is 0 Å². The molecule has 1 aliphatic heterocycles. The monoisotopic (exact) mass is 268 g/mol. The number of likely N-dealkylation sites (tertiary alicyclic amines) is 1. The van der Waals surface area contributed by atoms with Gasteiger partial charge in [-0.05, 0) is 30.1 Å². The lowest BCUT2D eigenvalue weighted by atomic mass is 9.86. The molecule has 5 nitrogen and oxygen atoms in total. The molecule has 19 heavy (non-hydrogen) atoms. The minimum Gasteiger partial charge on any atom is -0.480 e. The molecule has 0 spiro atoms. The number of nitrogens with two attached hydrogens (primary N) is 1. The number of rotatable bonds is 2. The molecule has 2 fully saturated rings. The van der Waals surface area contributed by atoms with Crippen molar-refractivity contribution in [1.29, 1.82) is 0 Å². The van der Waals surface area contributed by atoms with E-state index in [0.29, 0.717) is 12.5 Å². The van der Waals surface area contributed by atoms with Gasteiger partial charge >= 0.3 is 5.97 Å². The standard InChI is InChI=1S/C14H24N2O3/c1-14(2,3)11(15)12(17)16-7-8-5-4-6-9(8)10(16)13(18)19/h8-11H,4-7,15H2,1-3H3,(H,18,19)/t8-,9-,10-,11+/m0/s1. The van der Waals surface area contributed by atoms with Crippen LogP contribution in [0.2, 0.25) is 0 Å². The largest absolute Gasteiger partial charge is 0.480 e. The molecule has 108 valence electrons. The summed E-state index contributed by atoms with van der Waals surface area (Å²) in [6.07, 6.45) is 3.02. The van der Waals surface area contributed by atoms with Crippen LogP contribution >= 0.6 is 0 Å². The van der Waals surface area contributed by atoms with Crippen molar-refractivity contribution in [1.82, 2.24) is 4.90 Å². The molecule has 1 saturated carbocycles. The van der Waals surface area contributed by atoms with Crippen molar-refractivity contribution in [2.45, 2.75) is 52.1 Å². The average molecular weight is 268 g/mol. The summed E-state index contributed by atoms with van der Waals surface area (Å²) in [6.45, 7) is 6.27. The van der Waals surface area contributed by atoms with Gasteiger partial charge in [-0.25, -0.2) is 4.79 Å². The van der Waals surface area contributed by atoms with Crippen LogP contribution in [0.4, 0.5) is 0 Å². The Kier molecular flexibility index (Phi) is 3.60. The van der Waals surface area contributed by atoms with Crippen LogP contribution in [0.15, 0.2) is 0 Å². The predicted molar refractivity (Wildman–Crippen MR) is 71.4 cm³/mol. The number of carbonyl (C=O) groups excluding carboxylic acids is 1. The van der Waals surface area contributed by atoms with Gasteiger partial charge in [-0.2, -0.15) is 0 Å². The van der Waals surface area contributed by atoms with Crippen LogP contribution in [0.3, 0.4) is 0 Å². The first-order chi connectivity index (χ1) is 8.73. The summed E-state index contributed by atoms with van der Waals surface area (Å²) in [6, 6.07) is -1.32. The molecule has 3 N–H and O–H groups in total. The van der Waals surface area contributed by atoms with Crippen molar-refractivity contribution in [3.63, 3.8) is 0 Å². The molecule has 0 aromatic carbocycles. The third-order valence-corrected chi connectivity index (χ3v) is 4.63. The molecule has 1 aliphatic carbocycles. The fourth-order valence-electron chi connectivity index (χ4n) is 3.40. The van der Waals surface area contributed by atoms with Crippen LogP contribution in [0.1, 0.15) is 40.0 Å². The van der Waals surface area contributed by atoms with Crippen LogP contribution in [-0.2, 0) is 9.59 Å². The first kappa shape index (κ1) is 14.3. The summed E-state index contributed by atoms with van der Waals surface area (Å²) in [5, 5.41) is 9.43. The van der Waals surface area contributed by atoms with Crippen LogP contribution in [0, 0.1) is 17.3 Å². The smallest absolute Gasteiger partial charge is 0.326 e. The van der Waals surface area contributed by atoms with E-state index in [0.717, 1.165) is 19.3 Å². The lowest BCUT2D eigenvalue weighted by Gasteiger charge is -2.32. The number of carbonyl (C=O) groups is 2. The number of hydrogen-bond donors (Lipinski definition) is 2. The summed E-state index contributed by atoms with van der Waals surface area (Å²) < 4.78 is 0. The number of fused-ring (bicyclic) bond motifs is 1. The van der Waals surface area contributed by atoms with Gasteiger partial charge in [-0.3, -0.25) is 4.79 Å². The fourth-order valence-corrected chi connectivity index (χ4v) is 3.40. The van der Waals surface area contributed by atoms with Gasteiger partial charge in [-0.1, -0.05) is 27.2 Å². The summed E-state index contributed by atoms with van der Waals surface area (Å²) in [7, 11) is 0. The minimum absolute atomic E-state index is 0.119. The maximum absolute atomic E-state index is 12.5. The van der Waals surface area contributed by atoms with Gasteiger partial charge in [0.05, 0.1) is 6.04 Å². The van der Waals surface area contributed by atoms with Crippen molar-refractivity contribution < 1.29 is 14.7 Å². The quantitative estimate of drug-likeness (QED) is 0.784. The van der Waals surface area contributed by atoms with Gasteiger partial charge < -0.3 is 15.7 Å². The Morgan fingerprint density at radius 2 is 1.95 bits per heavy atom. The van der Waals surface area contributed by atoms with E-state index in [9.17, 15) is 14.7 Å². The third-order valence-electron chi connectivity index (χ3n) is 4.63. The van der Waals surface area contributed by atoms with Crippen LogP contribution in [0.25, 0.3) is 0 Å². The van der Waals surface area contributed by atoms with Crippen molar-refractivity contribution in [3.8, 4) is 0 Å². The number of nitrogens with zero attached hydrogens (tertiary/aromatic N) is 1. The highest BCUT2D eigenvalue weighted by Gasteiger charge is 2.50. The second kappa shape index (κ2) is 4.78.